The highest BCUT2D eigenvalue weighted by Crippen LogP contribution is 2.09. The van der Waals surface area contributed by atoms with E-state index in [-0.39, 0.29) is 5.91 Å². The molecule has 0 saturated carbocycles. The minimum Gasteiger partial charge on any atom is -0.338 e. The van der Waals surface area contributed by atoms with E-state index in [1.54, 1.807) is 18.0 Å². The van der Waals surface area contributed by atoms with Crippen LogP contribution in [0.4, 0.5) is 0 Å². The first-order valence-corrected chi connectivity index (χ1v) is 5.35. The lowest BCUT2D eigenvalue weighted by Crippen LogP contribution is -2.26. The van der Waals surface area contributed by atoms with Gasteiger partial charge in [0.15, 0.2) is 0 Å². The fourth-order valence-electron chi connectivity index (χ4n) is 1.12. The van der Waals surface area contributed by atoms with Gasteiger partial charge in [-0.15, -0.1) is 6.58 Å². The second-order valence-electron chi connectivity index (χ2n) is 2.98. The molecule has 0 aliphatic rings. The number of rotatable bonds is 3. The van der Waals surface area contributed by atoms with Gasteiger partial charge in [0, 0.05) is 22.7 Å². The summed E-state index contributed by atoms with van der Waals surface area (Å²) in [5.41, 5.74) is 0.723. The average molecular weight is 301 g/mol. The molecule has 0 bridgehead atoms. The number of halogens is 1. The van der Waals surface area contributed by atoms with Gasteiger partial charge in [0.1, 0.15) is 0 Å². The zero-order valence-electron chi connectivity index (χ0n) is 8.03. The molecule has 0 heterocycles. The topological polar surface area (TPSA) is 20.3 Å². The predicted octanol–water partition coefficient (Wildman–Crippen LogP) is 2.55. The highest BCUT2D eigenvalue weighted by Gasteiger charge is 2.09. The van der Waals surface area contributed by atoms with E-state index in [4.69, 9.17) is 0 Å². The van der Waals surface area contributed by atoms with Crippen molar-refractivity contribution in [2.45, 2.75) is 0 Å². The molecule has 1 aromatic rings. The molecule has 3 heteroatoms. The summed E-state index contributed by atoms with van der Waals surface area (Å²) in [7, 11) is 1.77. The Bertz CT molecular complexity index is 349. The Balaban J connectivity index is 2.83. The highest BCUT2D eigenvalue weighted by atomic mass is 127. The molecule has 1 rings (SSSR count). The lowest BCUT2D eigenvalue weighted by Gasteiger charge is -2.14. The summed E-state index contributed by atoms with van der Waals surface area (Å²) in [5.74, 6) is 0.0309. The molecule has 0 spiro atoms. The van der Waals surface area contributed by atoms with Gasteiger partial charge in [-0.05, 0) is 40.8 Å². The van der Waals surface area contributed by atoms with Crippen molar-refractivity contribution in [2.75, 3.05) is 13.6 Å². The molecular formula is C11H12INO. The first kappa shape index (κ1) is 11.2. The highest BCUT2D eigenvalue weighted by molar-refractivity contribution is 14.1. The maximum atomic E-state index is 11.8. The van der Waals surface area contributed by atoms with E-state index in [0.717, 1.165) is 9.13 Å². The molecule has 14 heavy (non-hydrogen) atoms. The van der Waals surface area contributed by atoms with Crippen molar-refractivity contribution in [3.8, 4) is 0 Å². The number of hydrogen-bond donors (Lipinski definition) is 0. The molecule has 1 aromatic carbocycles. The molecule has 0 aromatic heterocycles. The second kappa shape index (κ2) is 5.14. The van der Waals surface area contributed by atoms with Gasteiger partial charge in [-0.3, -0.25) is 4.79 Å². The van der Waals surface area contributed by atoms with Crippen molar-refractivity contribution >= 4 is 28.5 Å². The number of carbonyl (C=O) groups excluding carboxylic acids is 1. The number of amides is 1. The first-order chi connectivity index (χ1) is 6.65. The van der Waals surface area contributed by atoms with Crippen LogP contribution in [0.3, 0.4) is 0 Å². The van der Waals surface area contributed by atoms with Crippen LogP contribution in [0, 0.1) is 3.57 Å². The number of hydrogen-bond acceptors (Lipinski definition) is 1. The van der Waals surface area contributed by atoms with Gasteiger partial charge in [0.2, 0.25) is 0 Å². The van der Waals surface area contributed by atoms with Gasteiger partial charge < -0.3 is 4.90 Å². The van der Waals surface area contributed by atoms with Crippen LogP contribution in [-0.4, -0.2) is 24.4 Å². The lowest BCUT2D eigenvalue weighted by molar-refractivity contribution is 0.0810. The van der Waals surface area contributed by atoms with Crippen molar-refractivity contribution < 1.29 is 4.79 Å². The van der Waals surface area contributed by atoms with E-state index in [1.165, 1.54) is 0 Å². The maximum Gasteiger partial charge on any atom is 0.253 e. The molecule has 0 atom stereocenters. The van der Waals surface area contributed by atoms with Gasteiger partial charge >= 0.3 is 0 Å². The molecule has 0 N–H and O–H groups in total. The largest absolute Gasteiger partial charge is 0.338 e. The lowest BCUT2D eigenvalue weighted by atomic mass is 10.2. The zero-order valence-corrected chi connectivity index (χ0v) is 10.2. The molecular weight excluding hydrogens is 289 g/mol. The Morgan fingerprint density at radius 1 is 1.64 bits per heavy atom. The molecule has 0 aliphatic heterocycles. The van der Waals surface area contributed by atoms with Crippen LogP contribution < -0.4 is 0 Å². The fraction of sp³-hybridized carbons (Fsp3) is 0.182. The van der Waals surface area contributed by atoms with Crippen molar-refractivity contribution in [2.24, 2.45) is 0 Å². The summed E-state index contributed by atoms with van der Waals surface area (Å²) in [6.45, 7) is 4.17. The van der Waals surface area contributed by atoms with E-state index < -0.39 is 0 Å². The number of benzene rings is 1. The van der Waals surface area contributed by atoms with Crippen molar-refractivity contribution in [3.63, 3.8) is 0 Å². The molecule has 0 saturated heterocycles. The molecule has 2 nitrogen and oxygen atoms in total. The Hall–Kier alpha value is -0.840. The van der Waals surface area contributed by atoms with Crippen molar-refractivity contribution in [1.29, 1.82) is 0 Å². The van der Waals surface area contributed by atoms with Crippen LogP contribution in [0.15, 0.2) is 36.9 Å². The third-order valence-electron chi connectivity index (χ3n) is 1.82. The number of likely N-dealkylation sites (N-methyl/N-ethyl adjacent to an activating group) is 1. The third kappa shape index (κ3) is 2.83. The quantitative estimate of drug-likeness (QED) is 0.620. The van der Waals surface area contributed by atoms with Gasteiger partial charge in [0.25, 0.3) is 5.91 Å². The Morgan fingerprint density at radius 2 is 2.36 bits per heavy atom. The van der Waals surface area contributed by atoms with E-state index in [1.807, 2.05) is 24.3 Å². The van der Waals surface area contributed by atoms with E-state index in [9.17, 15) is 4.79 Å². The molecule has 0 aliphatic carbocycles. The molecule has 1 amide bonds. The monoisotopic (exact) mass is 301 g/mol. The van der Waals surface area contributed by atoms with E-state index in [2.05, 4.69) is 29.2 Å². The Labute approximate surface area is 97.7 Å². The van der Waals surface area contributed by atoms with Crippen LogP contribution in [-0.2, 0) is 0 Å². The Morgan fingerprint density at radius 3 is 2.93 bits per heavy atom. The van der Waals surface area contributed by atoms with Crippen LogP contribution in [0.1, 0.15) is 10.4 Å². The zero-order chi connectivity index (χ0) is 10.6. The van der Waals surface area contributed by atoms with Gasteiger partial charge in [-0.2, -0.15) is 0 Å². The SMILES string of the molecule is C=CCN(C)C(=O)c1cccc(I)c1. The van der Waals surface area contributed by atoms with Gasteiger partial charge in [0.05, 0.1) is 0 Å². The van der Waals surface area contributed by atoms with Crippen LogP contribution >= 0.6 is 22.6 Å². The van der Waals surface area contributed by atoms with E-state index >= 15 is 0 Å². The van der Waals surface area contributed by atoms with Gasteiger partial charge in [-0.1, -0.05) is 12.1 Å². The fourth-order valence-corrected chi connectivity index (χ4v) is 1.66. The minimum atomic E-state index is 0.0309. The first-order valence-electron chi connectivity index (χ1n) is 4.27. The smallest absolute Gasteiger partial charge is 0.253 e. The normalized spacial score (nSPS) is 9.57. The molecule has 0 radical (unpaired) electrons. The number of nitrogens with zero attached hydrogens (tertiary/aromatic N) is 1. The van der Waals surface area contributed by atoms with Crippen LogP contribution in [0.2, 0.25) is 0 Å². The summed E-state index contributed by atoms with van der Waals surface area (Å²) in [4.78, 5) is 13.4. The summed E-state index contributed by atoms with van der Waals surface area (Å²) >= 11 is 2.19. The summed E-state index contributed by atoms with van der Waals surface area (Å²) in [6.07, 6.45) is 1.71. The molecule has 0 unspecified atom stereocenters. The molecule has 74 valence electrons. The minimum absolute atomic E-state index is 0.0309. The average Bonchev–Trinajstić information content (AvgIpc) is 2.17. The van der Waals surface area contributed by atoms with E-state index in [0.29, 0.717) is 6.54 Å². The summed E-state index contributed by atoms with van der Waals surface area (Å²) in [5, 5.41) is 0. The third-order valence-corrected chi connectivity index (χ3v) is 2.49. The predicted molar refractivity (Wildman–Crippen MR) is 66.3 cm³/mol. The van der Waals surface area contributed by atoms with Crippen LogP contribution in [0.5, 0.6) is 0 Å². The van der Waals surface area contributed by atoms with Crippen LogP contribution in [0.25, 0.3) is 0 Å². The molecule has 0 fully saturated rings. The van der Waals surface area contributed by atoms with Crippen molar-refractivity contribution in [1.82, 2.24) is 4.90 Å². The standard InChI is InChI=1S/C11H12INO/c1-3-7-13(2)11(14)9-5-4-6-10(12)8-9/h3-6,8H,1,7H2,2H3. The number of carbonyl (C=O) groups is 1. The second-order valence-corrected chi connectivity index (χ2v) is 4.23. The van der Waals surface area contributed by atoms with Crippen molar-refractivity contribution in [3.05, 3.63) is 46.1 Å². The Kier molecular flexibility index (Phi) is 4.13. The summed E-state index contributed by atoms with van der Waals surface area (Å²) in [6, 6.07) is 7.55. The summed E-state index contributed by atoms with van der Waals surface area (Å²) < 4.78 is 1.07. The maximum absolute atomic E-state index is 11.8. The van der Waals surface area contributed by atoms with Gasteiger partial charge in [-0.25, -0.2) is 0 Å².